The third-order valence-corrected chi connectivity index (χ3v) is 5.47. The van der Waals surface area contributed by atoms with Crippen LogP contribution in [0.1, 0.15) is 22.5 Å². The second-order valence-corrected chi connectivity index (χ2v) is 7.78. The number of aromatic nitrogens is 5. The van der Waals surface area contributed by atoms with E-state index < -0.39 is 0 Å². The fourth-order valence-corrected chi connectivity index (χ4v) is 3.73. The number of halogens is 1. The molecule has 0 amide bonds. The van der Waals surface area contributed by atoms with Crippen molar-refractivity contribution in [1.29, 1.82) is 0 Å². The molecule has 0 aliphatic carbocycles. The molecule has 0 atom stereocenters. The van der Waals surface area contributed by atoms with Gasteiger partial charge in [0, 0.05) is 11.4 Å². The maximum atomic E-state index is 13.0. The molecule has 0 unspecified atom stereocenters. The summed E-state index contributed by atoms with van der Waals surface area (Å²) in [5.74, 6) is 7.83. The largest absolute Gasteiger partial charge is 0.489 e. The van der Waals surface area contributed by atoms with Gasteiger partial charge in [-0.2, -0.15) is 5.10 Å². The smallest absolute Gasteiger partial charge is 0.271 e. The number of rotatable bonds is 7. The predicted octanol–water partition coefficient (Wildman–Crippen LogP) is 3.80. The number of hydrogen-bond donors (Lipinski definition) is 1. The van der Waals surface area contributed by atoms with Crippen molar-refractivity contribution in [3.05, 3.63) is 82.9 Å². The molecule has 0 spiro atoms. The molecule has 0 radical (unpaired) electrons. The Bertz CT molecular complexity index is 1140. The van der Waals surface area contributed by atoms with Crippen molar-refractivity contribution in [2.24, 2.45) is 0 Å². The molecule has 2 N–H and O–H groups in total. The molecule has 30 heavy (non-hydrogen) atoms. The minimum Gasteiger partial charge on any atom is -0.489 e. The van der Waals surface area contributed by atoms with Gasteiger partial charge in [-0.1, -0.05) is 36.0 Å². The standard InChI is InChI=1S/C21H21FN6OS/c1-14-11-15(2)28(26-14)20-24-25-21(27(20)23)30-13-17-5-9-19(10-6-17)29-12-16-3-7-18(22)8-4-16/h3-11H,12-13,23H2,1-2H3. The lowest BCUT2D eigenvalue weighted by Crippen LogP contribution is -2.17. The first kappa shape index (κ1) is 20.0. The summed E-state index contributed by atoms with van der Waals surface area (Å²) in [4.78, 5) is 0. The van der Waals surface area contributed by atoms with Crippen LogP contribution in [0.5, 0.6) is 5.75 Å². The molecule has 0 fully saturated rings. The highest BCUT2D eigenvalue weighted by Crippen LogP contribution is 2.23. The Morgan fingerprint density at radius 1 is 1.00 bits per heavy atom. The van der Waals surface area contributed by atoms with Crippen LogP contribution in [0.15, 0.2) is 59.8 Å². The number of benzene rings is 2. The van der Waals surface area contributed by atoms with Crippen LogP contribution in [-0.4, -0.2) is 24.7 Å². The van der Waals surface area contributed by atoms with Gasteiger partial charge in [0.2, 0.25) is 5.16 Å². The van der Waals surface area contributed by atoms with Crippen molar-refractivity contribution in [3.8, 4) is 11.7 Å². The highest BCUT2D eigenvalue weighted by molar-refractivity contribution is 7.98. The predicted molar refractivity (Wildman–Crippen MR) is 114 cm³/mol. The SMILES string of the molecule is Cc1cc(C)n(-c2nnc(SCc3ccc(OCc4ccc(F)cc4)cc3)n2N)n1. The molecule has 4 rings (SSSR count). The summed E-state index contributed by atoms with van der Waals surface area (Å²) in [6.45, 7) is 4.25. The van der Waals surface area contributed by atoms with Gasteiger partial charge in [0.25, 0.3) is 5.95 Å². The van der Waals surface area contributed by atoms with E-state index in [1.807, 2.05) is 44.2 Å². The van der Waals surface area contributed by atoms with Gasteiger partial charge < -0.3 is 10.6 Å². The van der Waals surface area contributed by atoms with E-state index in [2.05, 4.69) is 15.3 Å². The summed E-state index contributed by atoms with van der Waals surface area (Å²) in [5.41, 5.74) is 3.85. The second kappa shape index (κ2) is 8.58. The molecule has 2 aromatic carbocycles. The summed E-state index contributed by atoms with van der Waals surface area (Å²) in [7, 11) is 0. The summed E-state index contributed by atoms with van der Waals surface area (Å²) in [6.07, 6.45) is 0. The molecule has 0 bridgehead atoms. The number of nitrogens with two attached hydrogens (primary N) is 1. The lowest BCUT2D eigenvalue weighted by atomic mass is 10.2. The second-order valence-electron chi connectivity index (χ2n) is 6.84. The van der Waals surface area contributed by atoms with Gasteiger partial charge in [-0.15, -0.1) is 10.2 Å². The molecular formula is C21H21FN6OS. The number of thioether (sulfide) groups is 1. The van der Waals surface area contributed by atoms with Crippen molar-refractivity contribution in [3.63, 3.8) is 0 Å². The van der Waals surface area contributed by atoms with E-state index in [1.54, 1.807) is 16.8 Å². The molecule has 9 heteroatoms. The maximum Gasteiger partial charge on any atom is 0.271 e. The molecule has 0 saturated carbocycles. The van der Waals surface area contributed by atoms with Crippen LogP contribution in [-0.2, 0) is 12.4 Å². The monoisotopic (exact) mass is 424 g/mol. The molecule has 2 aromatic heterocycles. The van der Waals surface area contributed by atoms with Crippen LogP contribution < -0.4 is 10.6 Å². The van der Waals surface area contributed by atoms with Crippen LogP contribution in [0.3, 0.4) is 0 Å². The summed E-state index contributed by atoms with van der Waals surface area (Å²) in [6, 6.07) is 16.0. The molecular weight excluding hydrogens is 403 g/mol. The normalized spacial score (nSPS) is 11.0. The van der Waals surface area contributed by atoms with Crippen LogP contribution in [0.2, 0.25) is 0 Å². The zero-order valence-corrected chi connectivity index (χ0v) is 17.4. The third kappa shape index (κ3) is 4.46. The Hall–Kier alpha value is -3.33. The molecule has 0 saturated heterocycles. The number of nitrogen functional groups attached to an aromatic ring is 1. The van der Waals surface area contributed by atoms with Crippen molar-refractivity contribution >= 4 is 11.8 Å². The first-order valence-corrected chi connectivity index (χ1v) is 10.3. The average Bonchev–Trinajstić information content (AvgIpc) is 3.27. The van der Waals surface area contributed by atoms with Crippen molar-refractivity contribution in [1.82, 2.24) is 24.7 Å². The van der Waals surface area contributed by atoms with Gasteiger partial charge in [0.05, 0.1) is 5.69 Å². The summed E-state index contributed by atoms with van der Waals surface area (Å²) >= 11 is 1.49. The van der Waals surface area contributed by atoms with Gasteiger partial charge >= 0.3 is 0 Å². The minimum atomic E-state index is -0.254. The Balaban J connectivity index is 1.35. The van der Waals surface area contributed by atoms with E-state index in [0.717, 1.165) is 28.3 Å². The van der Waals surface area contributed by atoms with Crippen LogP contribution in [0.25, 0.3) is 5.95 Å². The highest BCUT2D eigenvalue weighted by atomic mass is 32.2. The summed E-state index contributed by atoms with van der Waals surface area (Å²) in [5, 5.41) is 13.4. The minimum absolute atomic E-state index is 0.254. The van der Waals surface area contributed by atoms with Gasteiger partial charge in [0.1, 0.15) is 18.2 Å². The van der Waals surface area contributed by atoms with Crippen molar-refractivity contribution in [2.75, 3.05) is 5.84 Å². The van der Waals surface area contributed by atoms with Gasteiger partial charge in [-0.05, 0) is 55.3 Å². The van der Waals surface area contributed by atoms with Crippen molar-refractivity contribution < 1.29 is 9.13 Å². The van der Waals surface area contributed by atoms with E-state index in [4.69, 9.17) is 10.6 Å². The molecule has 154 valence electrons. The van der Waals surface area contributed by atoms with Gasteiger partial charge in [0.15, 0.2) is 0 Å². The molecule has 0 aliphatic rings. The van der Waals surface area contributed by atoms with E-state index in [1.165, 1.54) is 28.6 Å². The van der Waals surface area contributed by atoms with E-state index in [0.29, 0.717) is 23.5 Å². The summed E-state index contributed by atoms with van der Waals surface area (Å²) < 4.78 is 21.8. The van der Waals surface area contributed by atoms with Crippen LogP contribution in [0.4, 0.5) is 4.39 Å². The number of aryl methyl sites for hydroxylation is 2. The first-order valence-electron chi connectivity index (χ1n) is 9.33. The fourth-order valence-electron chi connectivity index (χ4n) is 2.92. The fraction of sp³-hybridized carbons (Fsp3) is 0.190. The van der Waals surface area contributed by atoms with Crippen molar-refractivity contribution in [2.45, 2.75) is 31.4 Å². The van der Waals surface area contributed by atoms with E-state index >= 15 is 0 Å². The molecule has 7 nitrogen and oxygen atoms in total. The Morgan fingerprint density at radius 3 is 2.37 bits per heavy atom. The molecule has 2 heterocycles. The number of hydrogen-bond acceptors (Lipinski definition) is 6. The third-order valence-electron chi connectivity index (χ3n) is 4.46. The quantitative estimate of drug-likeness (QED) is 0.359. The zero-order valence-electron chi connectivity index (χ0n) is 16.6. The lowest BCUT2D eigenvalue weighted by molar-refractivity contribution is 0.306. The Labute approximate surface area is 177 Å². The first-order chi connectivity index (χ1) is 14.5. The van der Waals surface area contributed by atoms with Gasteiger partial charge in [-0.3, -0.25) is 0 Å². The van der Waals surface area contributed by atoms with Crippen LogP contribution in [0, 0.1) is 19.7 Å². The van der Waals surface area contributed by atoms with Crippen LogP contribution >= 0.6 is 11.8 Å². The zero-order chi connectivity index (χ0) is 21.1. The van der Waals surface area contributed by atoms with E-state index in [9.17, 15) is 4.39 Å². The number of ether oxygens (including phenoxy) is 1. The Kier molecular flexibility index (Phi) is 5.71. The number of nitrogens with zero attached hydrogens (tertiary/aromatic N) is 5. The van der Waals surface area contributed by atoms with Gasteiger partial charge in [-0.25, -0.2) is 13.7 Å². The Morgan fingerprint density at radius 2 is 1.70 bits per heavy atom. The highest BCUT2D eigenvalue weighted by Gasteiger charge is 2.15. The average molecular weight is 425 g/mol. The van der Waals surface area contributed by atoms with E-state index in [-0.39, 0.29) is 5.82 Å². The topological polar surface area (TPSA) is 83.8 Å². The lowest BCUT2D eigenvalue weighted by Gasteiger charge is -2.08. The maximum absolute atomic E-state index is 13.0. The molecule has 4 aromatic rings. The molecule has 0 aliphatic heterocycles.